The van der Waals surface area contributed by atoms with E-state index in [4.69, 9.17) is 5.10 Å². The Balaban J connectivity index is 1.32. The van der Waals surface area contributed by atoms with E-state index in [1.165, 1.54) is 24.4 Å². The highest BCUT2D eigenvalue weighted by Gasteiger charge is 2.20. The van der Waals surface area contributed by atoms with Crippen LogP contribution in [0.15, 0.2) is 67.3 Å². The lowest BCUT2D eigenvalue weighted by molar-refractivity contribution is -0.124. The molecule has 1 amide bonds. The second-order valence-electron chi connectivity index (χ2n) is 9.49. The summed E-state index contributed by atoms with van der Waals surface area (Å²) in [6.45, 7) is 2.89. The molecule has 0 saturated carbocycles. The van der Waals surface area contributed by atoms with E-state index >= 15 is 0 Å². The van der Waals surface area contributed by atoms with E-state index in [-0.39, 0.29) is 29.5 Å². The molecule has 1 aliphatic rings. The minimum absolute atomic E-state index is 0.000293. The van der Waals surface area contributed by atoms with E-state index in [1.54, 1.807) is 35.2 Å². The summed E-state index contributed by atoms with van der Waals surface area (Å²) in [6, 6.07) is 12.3. The van der Waals surface area contributed by atoms with Crippen molar-refractivity contribution in [3.05, 3.63) is 90.3 Å². The number of benzene rings is 1. The molecule has 0 aliphatic carbocycles. The quantitative estimate of drug-likeness (QED) is 0.237. The molecule has 40 heavy (non-hydrogen) atoms. The van der Waals surface area contributed by atoms with Crippen molar-refractivity contribution in [3.8, 4) is 22.6 Å². The number of ketones is 1. The number of Topliss-reactive ketones (excluding diaryl/α,β-unsaturated/α-hetero) is 1. The molecule has 0 bridgehead atoms. The zero-order valence-electron chi connectivity index (χ0n) is 21.3. The van der Waals surface area contributed by atoms with Gasteiger partial charge in [0.1, 0.15) is 11.5 Å². The summed E-state index contributed by atoms with van der Waals surface area (Å²) in [4.78, 5) is 39.2. The maximum absolute atomic E-state index is 13.7. The Hall–Kier alpha value is -4.84. The fourth-order valence-corrected chi connectivity index (χ4v) is 4.76. The van der Waals surface area contributed by atoms with Crippen molar-refractivity contribution >= 4 is 17.3 Å². The molecule has 0 spiro atoms. The summed E-state index contributed by atoms with van der Waals surface area (Å²) in [5.74, 6) is -1.35. The molecule has 1 saturated heterocycles. The molecule has 0 unspecified atom stereocenters. The zero-order chi connectivity index (χ0) is 27.6. The number of amides is 1. The number of piperazine rings is 1. The lowest BCUT2D eigenvalue weighted by Crippen LogP contribution is -2.48. The molecule has 5 aromatic rings. The number of pyridine rings is 1. The molecule has 1 N–H and O–H groups in total. The van der Waals surface area contributed by atoms with E-state index in [0.717, 1.165) is 23.9 Å². The first kappa shape index (κ1) is 25.4. The maximum Gasteiger partial charge on any atom is 0.234 e. The fourth-order valence-electron chi connectivity index (χ4n) is 4.76. The zero-order valence-corrected chi connectivity index (χ0v) is 21.3. The average Bonchev–Trinajstić information content (AvgIpc) is 3.55. The first-order valence-electron chi connectivity index (χ1n) is 12.7. The summed E-state index contributed by atoms with van der Waals surface area (Å²) >= 11 is 0. The number of hydrogen-bond acceptors (Lipinski definition) is 7. The Morgan fingerprint density at radius 3 is 2.67 bits per heavy atom. The van der Waals surface area contributed by atoms with Gasteiger partial charge in [-0.2, -0.15) is 9.49 Å². The van der Waals surface area contributed by atoms with Gasteiger partial charge in [-0.05, 0) is 42.5 Å². The SMILES string of the molecule is O=C1CN(CCn2cnc(-c3ccc(F)cc3)c2-c2ccc3nc(CC(=O)c4ccnc(F)c4)cn3n2)CCN1. The molecule has 1 aromatic carbocycles. The monoisotopic (exact) mass is 542 g/mol. The number of imidazole rings is 2. The topological polar surface area (TPSA) is 110 Å². The number of nitrogens with zero attached hydrogens (tertiary/aromatic N) is 7. The van der Waals surface area contributed by atoms with Crippen molar-refractivity contribution in [2.45, 2.75) is 13.0 Å². The lowest BCUT2D eigenvalue weighted by atomic mass is 10.1. The molecule has 0 atom stereocenters. The second kappa shape index (κ2) is 10.7. The Bertz CT molecular complexity index is 1710. The van der Waals surface area contributed by atoms with Crippen LogP contribution in [0.3, 0.4) is 0 Å². The predicted octanol–water partition coefficient (Wildman–Crippen LogP) is 2.79. The van der Waals surface area contributed by atoms with E-state index in [9.17, 15) is 18.4 Å². The van der Waals surface area contributed by atoms with E-state index in [0.29, 0.717) is 48.9 Å². The summed E-state index contributed by atoms with van der Waals surface area (Å²) < 4.78 is 30.7. The van der Waals surface area contributed by atoms with Crippen molar-refractivity contribution in [3.63, 3.8) is 0 Å². The van der Waals surface area contributed by atoms with E-state index in [2.05, 4.69) is 25.2 Å². The molecular formula is C28H24F2N8O2. The van der Waals surface area contributed by atoms with Gasteiger partial charge in [0.25, 0.3) is 0 Å². The van der Waals surface area contributed by atoms with Gasteiger partial charge in [-0.1, -0.05) is 0 Å². The molecule has 5 heterocycles. The molecule has 202 valence electrons. The molecule has 1 aliphatic heterocycles. The fraction of sp³-hybridized carbons (Fsp3) is 0.214. The number of halogens is 2. The van der Waals surface area contributed by atoms with Gasteiger partial charge in [-0.3, -0.25) is 14.5 Å². The molecule has 4 aromatic heterocycles. The third-order valence-electron chi connectivity index (χ3n) is 6.73. The van der Waals surface area contributed by atoms with Crippen LogP contribution >= 0.6 is 0 Å². The number of fused-ring (bicyclic) bond motifs is 1. The van der Waals surface area contributed by atoms with Crippen molar-refractivity contribution < 1.29 is 18.4 Å². The van der Waals surface area contributed by atoms with Gasteiger partial charge < -0.3 is 9.88 Å². The van der Waals surface area contributed by atoms with Gasteiger partial charge in [0.2, 0.25) is 11.9 Å². The van der Waals surface area contributed by atoms with Crippen LogP contribution in [-0.2, 0) is 17.8 Å². The molecular weight excluding hydrogens is 518 g/mol. The number of carbonyl (C=O) groups is 2. The first-order valence-corrected chi connectivity index (χ1v) is 12.7. The number of hydrogen-bond donors (Lipinski definition) is 1. The van der Waals surface area contributed by atoms with Gasteiger partial charge in [0, 0.05) is 49.6 Å². The highest BCUT2D eigenvalue weighted by atomic mass is 19.1. The summed E-state index contributed by atoms with van der Waals surface area (Å²) in [5.41, 5.74) is 3.95. The number of rotatable bonds is 8. The van der Waals surface area contributed by atoms with Gasteiger partial charge in [-0.25, -0.2) is 23.9 Å². The Morgan fingerprint density at radius 2 is 1.88 bits per heavy atom. The van der Waals surface area contributed by atoms with Gasteiger partial charge in [-0.15, -0.1) is 0 Å². The van der Waals surface area contributed by atoms with E-state index < -0.39 is 5.95 Å². The molecule has 6 rings (SSSR count). The number of carbonyl (C=O) groups excluding carboxylic acids is 2. The Morgan fingerprint density at radius 1 is 1.02 bits per heavy atom. The minimum atomic E-state index is -0.718. The normalized spacial score (nSPS) is 14.0. The third kappa shape index (κ3) is 5.34. The molecule has 0 radical (unpaired) electrons. The first-order chi connectivity index (χ1) is 19.4. The number of nitrogens with one attached hydrogen (secondary N) is 1. The maximum atomic E-state index is 13.7. The van der Waals surface area contributed by atoms with Crippen molar-refractivity contribution in [2.75, 3.05) is 26.2 Å². The Labute approximate surface area is 227 Å². The standard InChI is InChI=1S/C28H24F2N8O2/c29-20-3-1-18(2-4-20)27-28(37(17-33-27)12-11-36-10-9-32-26(40)16-36)22-5-6-25-34-21(15-38(25)35-22)14-23(39)19-7-8-31-24(30)13-19/h1-8,13,15,17H,9-12,14,16H2,(H,32,40). The van der Waals surface area contributed by atoms with Crippen molar-refractivity contribution in [1.29, 1.82) is 0 Å². The smallest absolute Gasteiger partial charge is 0.234 e. The van der Waals surface area contributed by atoms with E-state index in [1.807, 2.05) is 10.6 Å². The lowest BCUT2D eigenvalue weighted by Gasteiger charge is -2.26. The molecule has 12 heteroatoms. The second-order valence-corrected chi connectivity index (χ2v) is 9.49. The van der Waals surface area contributed by atoms with Crippen LogP contribution in [0.2, 0.25) is 0 Å². The Kier molecular flexibility index (Phi) is 6.83. The summed E-state index contributed by atoms with van der Waals surface area (Å²) in [5, 5.41) is 7.59. The largest absolute Gasteiger partial charge is 0.354 e. The van der Waals surface area contributed by atoms with Gasteiger partial charge in [0.05, 0.1) is 42.6 Å². The minimum Gasteiger partial charge on any atom is -0.354 e. The van der Waals surface area contributed by atoms with Crippen LogP contribution in [0.1, 0.15) is 16.1 Å². The predicted molar refractivity (Wildman–Crippen MR) is 141 cm³/mol. The number of aromatic nitrogens is 6. The van der Waals surface area contributed by atoms with Gasteiger partial charge >= 0.3 is 0 Å². The van der Waals surface area contributed by atoms with Crippen LogP contribution in [0, 0.1) is 11.8 Å². The molecule has 10 nitrogen and oxygen atoms in total. The van der Waals surface area contributed by atoms with Crippen molar-refractivity contribution in [1.82, 2.24) is 39.3 Å². The van der Waals surface area contributed by atoms with Crippen LogP contribution in [0.4, 0.5) is 8.78 Å². The molecule has 1 fully saturated rings. The van der Waals surface area contributed by atoms with Crippen LogP contribution in [0.5, 0.6) is 0 Å². The highest BCUT2D eigenvalue weighted by molar-refractivity contribution is 5.97. The van der Waals surface area contributed by atoms with Crippen LogP contribution < -0.4 is 5.32 Å². The van der Waals surface area contributed by atoms with Gasteiger partial charge in [0.15, 0.2) is 11.4 Å². The average molecular weight is 543 g/mol. The van der Waals surface area contributed by atoms with Crippen LogP contribution in [-0.4, -0.2) is 71.9 Å². The van der Waals surface area contributed by atoms with Crippen molar-refractivity contribution in [2.24, 2.45) is 0 Å². The summed E-state index contributed by atoms with van der Waals surface area (Å²) in [6.07, 6.45) is 4.61. The summed E-state index contributed by atoms with van der Waals surface area (Å²) in [7, 11) is 0. The third-order valence-corrected chi connectivity index (χ3v) is 6.73. The highest BCUT2D eigenvalue weighted by Crippen LogP contribution is 2.30. The van der Waals surface area contributed by atoms with Crippen LogP contribution in [0.25, 0.3) is 28.3 Å².